The van der Waals surface area contributed by atoms with Crippen LogP contribution in [0, 0.1) is 5.92 Å². The number of ketones is 1. The number of benzene rings is 2. The van der Waals surface area contributed by atoms with Gasteiger partial charge in [0.05, 0.1) is 12.6 Å². The summed E-state index contributed by atoms with van der Waals surface area (Å²) >= 11 is 1.95. The molecule has 0 bridgehead atoms. The van der Waals surface area contributed by atoms with Gasteiger partial charge in [0.2, 0.25) is 0 Å². The van der Waals surface area contributed by atoms with E-state index in [0.29, 0.717) is 17.5 Å². The molecule has 2 aromatic rings. The largest absolute Gasteiger partial charge is 0.481 e. The summed E-state index contributed by atoms with van der Waals surface area (Å²) < 4.78 is 0. The Labute approximate surface area is 211 Å². The molecule has 34 heavy (non-hydrogen) atoms. The zero-order chi connectivity index (χ0) is 23.4. The molecule has 2 aliphatic rings. The van der Waals surface area contributed by atoms with Gasteiger partial charge in [-0.05, 0) is 47.9 Å². The lowest BCUT2D eigenvalue weighted by molar-refractivity contribution is -0.139. The minimum Gasteiger partial charge on any atom is -0.481 e. The SMILES string of the molecule is CCC1(N)c2cc(C(=O)c3ccc(C=NN4CCSCC4)cc3)ccc2CCC1CC(=O)O.Cl. The zero-order valence-corrected chi connectivity index (χ0v) is 21.0. The summed E-state index contributed by atoms with van der Waals surface area (Å²) in [5.74, 6) is 1.17. The second-order valence-electron chi connectivity index (χ2n) is 8.86. The number of carbonyl (C=O) groups is 2. The molecule has 8 heteroatoms. The first kappa shape index (κ1) is 26.3. The van der Waals surface area contributed by atoms with Gasteiger partial charge in [-0.2, -0.15) is 16.9 Å². The fourth-order valence-electron chi connectivity index (χ4n) is 4.86. The Morgan fingerprint density at radius 1 is 1.18 bits per heavy atom. The predicted octanol–water partition coefficient (Wildman–Crippen LogP) is 4.32. The van der Waals surface area contributed by atoms with Gasteiger partial charge in [-0.3, -0.25) is 14.6 Å². The number of hydrazone groups is 1. The number of nitrogens with zero attached hydrogens (tertiary/aromatic N) is 2. The molecule has 1 aliphatic carbocycles. The van der Waals surface area contributed by atoms with Gasteiger partial charge in [0.1, 0.15) is 0 Å². The van der Waals surface area contributed by atoms with E-state index in [1.54, 1.807) is 0 Å². The number of halogens is 1. The summed E-state index contributed by atoms with van der Waals surface area (Å²) in [6, 6.07) is 13.2. The zero-order valence-electron chi connectivity index (χ0n) is 19.4. The third kappa shape index (κ3) is 5.65. The lowest BCUT2D eigenvalue weighted by Crippen LogP contribution is -2.47. The minimum atomic E-state index is -0.832. The minimum absolute atomic E-state index is 0. The summed E-state index contributed by atoms with van der Waals surface area (Å²) in [6.45, 7) is 3.91. The van der Waals surface area contributed by atoms with Crippen molar-refractivity contribution in [2.45, 2.75) is 38.1 Å². The maximum absolute atomic E-state index is 13.2. The Kier molecular flexibility index (Phi) is 8.79. The first-order chi connectivity index (χ1) is 15.9. The Morgan fingerprint density at radius 2 is 1.85 bits per heavy atom. The third-order valence-corrected chi connectivity index (χ3v) is 7.84. The molecular formula is C26H32ClN3O3S. The Bertz CT molecular complexity index is 1050. The molecule has 2 atom stereocenters. The second-order valence-corrected chi connectivity index (χ2v) is 10.1. The maximum atomic E-state index is 13.2. The number of thioether (sulfide) groups is 1. The number of nitrogens with two attached hydrogens (primary N) is 1. The standard InChI is InChI=1S/C26H31N3O3S.ClH/c1-2-26(27)22(16-24(30)31)10-9-19-7-8-21(15-23(19)26)25(32)20-5-3-18(4-6-20)17-28-29-11-13-33-14-12-29;/h3-8,15,17,22H,2,9-14,16,27H2,1H3,(H,30,31);1H. The molecule has 0 amide bonds. The van der Waals surface area contributed by atoms with Crippen molar-refractivity contribution in [3.05, 3.63) is 70.3 Å². The van der Waals surface area contributed by atoms with Gasteiger partial charge in [-0.25, -0.2) is 0 Å². The summed E-state index contributed by atoms with van der Waals surface area (Å²) in [5, 5.41) is 16.0. The lowest BCUT2D eigenvalue weighted by Gasteiger charge is -2.42. The molecule has 1 aliphatic heterocycles. The number of carboxylic acids is 1. The number of fused-ring (bicyclic) bond motifs is 1. The van der Waals surface area contributed by atoms with E-state index < -0.39 is 11.5 Å². The number of carboxylic acid groups (broad SMARTS) is 1. The molecule has 2 unspecified atom stereocenters. The van der Waals surface area contributed by atoms with Gasteiger partial charge in [0.25, 0.3) is 0 Å². The van der Waals surface area contributed by atoms with E-state index in [0.717, 1.165) is 54.1 Å². The molecule has 0 spiro atoms. The van der Waals surface area contributed by atoms with Crippen molar-refractivity contribution < 1.29 is 14.7 Å². The quantitative estimate of drug-likeness (QED) is 0.433. The number of hydrogen-bond donors (Lipinski definition) is 2. The maximum Gasteiger partial charge on any atom is 0.303 e. The van der Waals surface area contributed by atoms with Crippen molar-refractivity contribution in [1.29, 1.82) is 0 Å². The highest BCUT2D eigenvalue weighted by molar-refractivity contribution is 7.99. The van der Waals surface area contributed by atoms with Crippen molar-refractivity contribution in [3.63, 3.8) is 0 Å². The van der Waals surface area contributed by atoms with Crippen LogP contribution in [0.1, 0.15) is 58.8 Å². The molecule has 182 valence electrons. The monoisotopic (exact) mass is 501 g/mol. The molecule has 1 fully saturated rings. The van der Waals surface area contributed by atoms with E-state index >= 15 is 0 Å². The van der Waals surface area contributed by atoms with Crippen molar-refractivity contribution in [2.24, 2.45) is 16.8 Å². The van der Waals surface area contributed by atoms with Crippen molar-refractivity contribution in [2.75, 3.05) is 24.6 Å². The van der Waals surface area contributed by atoms with Crippen LogP contribution in [0.3, 0.4) is 0 Å². The van der Waals surface area contributed by atoms with Crippen LogP contribution in [0.5, 0.6) is 0 Å². The molecule has 1 saturated heterocycles. The van der Waals surface area contributed by atoms with Crippen LogP contribution in [0.2, 0.25) is 0 Å². The number of aliphatic carboxylic acids is 1. The van der Waals surface area contributed by atoms with Crippen LogP contribution in [-0.4, -0.2) is 52.7 Å². The smallest absolute Gasteiger partial charge is 0.303 e. The molecule has 0 aromatic heterocycles. The number of carbonyl (C=O) groups excluding carboxylic acids is 1. The fourth-order valence-corrected chi connectivity index (χ4v) is 5.74. The summed E-state index contributed by atoms with van der Waals surface area (Å²) in [6.07, 6.45) is 4.04. The van der Waals surface area contributed by atoms with Crippen molar-refractivity contribution in [1.82, 2.24) is 5.01 Å². The van der Waals surface area contributed by atoms with Crippen LogP contribution >= 0.6 is 24.2 Å². The van der Waals surface area contributed by atoms with Gasteiger partial charge in [-0.15, -0.1) is 12.4 Å². The van der Waals surface area contributed by atoms with Crippen LogP contribution in [0.4, 0.5) is 0 Å². The molecule has 1 heterocycles. The highest BCUT2D eigenvalue weighted by Crippen LogP contribution is 2.42. The highest BCUT2D eigenvalue weighted by Gasteiger charge is 2.41. The van der Waals surface area contributed by atoms with E-state index in [4.69, 9.17) is 5.73 Å². The van der Waals surface area contributed by atoms with E-state index in [1.807, 2.05) is 67.4 Å². The topological polar surface area (TPSA) is 96.0 Å². The molecule has 2 aromatic carbocycles. The number of rotatable bonds is 7. The van der Waals surface area contributed by atoms with E-state index in [1.165, 1.54) is 0 Å². The van der Waals surface area contributed by atoms with E-state index in [-0.39, 0.29) is 30.5 Å². The number of aryl methyl sites for hydroxylation is 1. The fraction of sp³-hybridized carbons (Fsp3) is 0.423. The summed E-state index contributed by atoms with van der Waals surface area (Å²) in [5.41, 5.74) is 10.2. The van der Waals surface area contributed by atoms with Crippen LogP contribution in [0.25, 0.3) is 0 Å². The Balaban J connectivity index is 0.00000324. The molecule has 0 saturated carbocycles. The van der Waals surface area contributed by atoms with Crippen molar-refractivity contribution in [3.8, 4) is 0 Å². The average Bonchev–Trinajstić information content (AvgIpc) is 2.84. The lowest BCUT2D eigenvalue weighted by atomic mass is 9.66. The van der Waals surface area contributed by atoms with Gasteiger partial charge in [-0.1, -0.05) is 43.3 Å². The van der Waals surface area contributed by atoms with Gasteiger partial charge >= 0.3 is 5.97 Å². The molecule has 4 rings (SSSR count). The van der Waals surface area contributed by atoms with E-state index in [9.17, 15) is 14.7 Å². The normalized spacial score (nSPS) is 22.2. The predicted molar refractivity (Wildman–Crippen MR) is 140 cm³/mol. The Hall–Kier alpha value is -2.35. The summed E-state index contributed by atoms with van der Waals surface area (Å²) in [7, 11) is 0. The van der Waals surface area contributed by atoms with Crippen molar-refractivity contribution >= 4 is 42.1 Å². The van der Waals surface area contributed by atoms with Crippen LogP contribution < -0.4 is 5.73 Å². The van der Waals surface area contributed by atoms with Gasteiger partial charge in [0, 0.05) is 41.3 Å². The average molecular weight is 502 g/mol. The first-order valence-corrected chi connectivity index (χ1v) is 12.7. The molecule has 0 radical (unpaired) electrons. The molecule has 3 N–H and O–H groups in total. The number of hydrogen-bond acceptors (Lipinski definition) is 6. The Morgan fingerprint density at radius 3 is 2.50 bits per heavy atom. The van der Waals surface area contributed by atoms with Crippen LogP contribution in [0.15, 0.2) is 47.6 Å². The molecule has 6 nitrogen and oxygen atoms in total. The molecular weight excluding hydrogens is 470 g/mol. The van der Waals surface area contributed by atoms with Gasteiger partial charge < -0.3 is 10.8 Å². The van der Waals surface area contributed by atoms with Gasteiger partial charge in [0.15, 0.2) is 5.78 Å². The first-order valence-electron chi connectivity index (χ1n) is 11.6. The highest BCUT2D eigenvalue weighted by atomic mass is 35.5. The van der Waals surface area contributed by atoms with Crippen LogP contribution in [-0.2, 0) is 16.8 Å². The summed E-state index contributed by atoms with van der Waals surface area (Å²) in [4.78, 5) is 24.6. The third-order valence-electron chi connectivity index (χ3n) is 6.90. The van der Waals surface area contributed by atoms with E-state index in [2.05, 4.69) is 10.1 Å². The second kappa shape index (κ2) is 11.4.